The summed E-state index contributed by atoms with van der Waals surface area (Å²) in [5, 5.41) is 3.05. The molecule has 0 bridgehead atoms. The summed E-state index contributed by atoms with van der Waals surface area (Å²) >= 11 is 5.63. The SMILES string of the molecule is NC1NCN(I)C(Br)C1N. The van der Waals surface area contributed by atoms with Crippen LogP contribution in [-0.4, -0.2) is 26.9 Å². The van der Waals surface area contributed by atoms with Gasteiger partial charge in [0.25, 0.3) is 0 Å². The molecule has 3 atom stereocenters. The summed E-state index contributed by atoms with van der Waals surface area (Å²) in [5.74, 6) is 0. The van der Waals surface area contributed by atoms with Crippen LogP contribution in [0.3, 0.4) is 0 Å². The molecule has 0 spiro atoms. The van der Waals surface area contributed by atoms with Gasteiger partial charge in [0.05, 0.1) is 23.8 Å². The summed E-state index contributed by atoms with van der Waals surface area (Å²) in [6, 6.07) is -0.0503. The first kappa shape index (κ1) is 9.14. The molecule has 3 unspecified atom stereocenters. The van der Waals surface area contributed by atoms with Crippen molar-refractivity contribution in [3.8, 4) is 0 Å². The molecular formula is C4H10BrIN4. The predicted molar refractivity (Wildman–Crippen MR) is 52.5 cm³/mol. The lowest BCUT2D eigenvalue weighted by Crippen LogP contribution is -2.64. The maximum atomic E-state index is 5.73. The van der Waals surface area contributed by atoms with Crippen LogP contribution >= 0.6 is 38.8 Å². The van der Waals surface area contributed by atoms with E-state index in [0.717, 1.165) is 6.67 Å². The lowest BCUT2D eigenvalue weighted by molar-refractivity contribution is 0.265. The predicted octanol–water partition coefficient (Wildman–Crippen LogP) is -0.468. The average Bonchev–Trinajstić information content (AvgIpc) is 1.93. The van der Waals surface area contributed by atoms with Crippen molar-refractivity contribution < 1.29 is 0 Å². The van der Waals surface area contributed by atoms with E-state index < -0.39 is 0 Å². The quantitative estimate of drug-likeness (QED) is 0.244. The minimum absolute atomic E-state index is 0.0503. The van der Waals surface area contributed by atoms with E-state index in [1.54, 1.807) is 0 Å². The lowest BCUT2D eigenvalue weighted by atomic mass is 10.2. The molecule has 1 saturated heterocycles. The van der Waals surface area contributed by atoms with Gasteiger partial charge < -0.3 is 11.5 Å². The first-order chi connectivity index (χ1) is 4.63. The van der Waals surface area contributed by atoms with Crippen molar-refractivity contribution in [2.24, 2.45) is 11.5 Å². The second kappa shape index (κ2) is 3.63. The van der Waals surface area contributed by atoms with E-state index in [1.807, 2.05) is 3.11 Å². The van der Waals surface area contributed by atoms with Gasteiger partial charge in [-0.3, -0.25) is 5.32 Å². The average molecular weight is 321 g/mol. The molecule has 60 valence electrons. The Hall–Kier alpha value is 1.05. The molecule has 1 heterocycles. The van der Waals surface area contributed by atoms with Crippen molar-refractivity contribution in [1.82, 2.24) is 8.43 Å². The highest BCUT2D eigenvalue weighted by molar-refractivity contribution is 14.1. The van der Waals surface area contributed by atoms with E-state index in [2.05, 4.69) is 44.1 Å². The third kappa shape index (κ3) is 1.80. The monoisotopic (exact) mass is 320 g/mol. The highest BCUT2D eigenvalue weighted by Gasteiger charge is 2.30. The largest absolute Gasteiger partial charge is 0.323 e. The van der Waals surface area contributed by atoms with E-state index in [-0.39, 0.29) is 17.2 Å². The van der Waals surface area contributed by atoms with Gasteiger partial charge in [0, 0.05) is 22.9 Å². The fourth-order valence-corrected chi connectivity index (χ4v) is 1.82. The third-order valence-corrected chi connectivity index (χ3v) is 4.29. The zero-order chi connectivity index (χ0) is 7.72. The number of rotatable bonds is 0. The zero-order valence-corrected chi connectivity index (χ0v) is 9.04. The number of halogens is 2. The van der Waals surface area contributed by atoms with Crippen LogP contribution in [0.15, 0.2) is 0 Å². The van der Waals surface area contributed by atoms with E-state index in [4.69, 9.17) is 11.5 Å². The first-order valence-corrected chi connectivity index (χ1v) is 4.82. The van der Waals surface area contributed by atoms with E-state index in [1.165, 1.54) is 0 Å². The molecule has 6 heteroatoms. The Morgan fingerprint density at radius 2 is 2.20 bits per heavy atom. The van der Waals surface area contributed by atoms with E-state index in [0.29, 0.717) is 0 Å². The van der Waals surface area contributed by atoms with Gasteiger partial charge in [-0.25, -0.2) is 3.11 Å². The van der Waals surface area contributed by atoms with Gasteiger partial charge in [-0.15, -0.1) is 0 Å². The van der Waals surface area contributed by atoms with Crippen molar-refractivity contribution in [2.45, 2.75) is 17.2 Å². The Labute approximate surface area is 82.3 Å². The van der Waals surface area contributed by atoms with E-state index in [9.17, 15) is 0 Å². The standard InChI is InChI=1S/C4H10BrIN4/c5-3-2(7)4(8)9-1-10(3)6/h2-4,9H,1,7-8H2. The Bertz CT molecular complexity index is 110. The molecule has 10 heavy (non-hydrogen) atoms. The topological polar surface area (TPSA) is 67.3 Å². The highest BCUT2D eigenvalue weighted by atomic mass is 127. The molecule has 5 N–H and O–H groups in total. The Kier molecular flexibility index (Phi) is 3.32. The maximum absolute atomic E-state index is 5.73. The number of nitrogens with zero attached hydrogens (tertiary/aromatic N) is 1. The number of alkyl halides is 1. The lowest BCUT2D eigenvalue weighted by Gasteiger charge is -2.36. The van der Waals surface area contributed by atoms with Crippen LogP contribution in [0.25, 0.3) is 0 Å². The summed E-state index contributed by atoms with van der Waals surface area (Å²) in [6.45, 7) is 0.769. The number of nitrogens with two attached hydrogens (primary N) is 2. The third-order valence-electron chi connectivity index (χ3n) is 1.48. The van der Waals surface area contributed by atoms with Crippen LogP contribution in [0, 0.1) is 0 Å². The molecule has 0 aromatic rings. The molecule has 0 saturated carbocycles. The minimum atomic E-state index is -0.101. The fraction of sp³-hybridized carbons (Fsp3) is 1.00. The number of hydrogen-bond acceptors (Lipinski definition) is 4. The number of nitrogens with one attached hydrogen (secondary N) is 1. The highest BCUT2D eigenvalue weighted by Crippen LogP contribution is 2.18. The second-order valence-corrected chi connectivity index (χ2v) is 4.42. The molecule has 0 radical (unpaired) electrons. The number of hydrogen-bond donors (Lipinski definition) is 3. The second-order valence-electron chi connectivity index (χ2n) is 2.24. The summed E-state index contributed by atoms with van der Waals surface area (Å²) in [5.41, 5.74) is 11.4. The molecule has 0 aromatic carbocycles. The molecule has 0 aliphatic carbocycles. The Morgan fingerprint density at radius 1 is 1.60 bits per heavy atom. The van der Waals surface area contributed by atoms with Gasteiger partial charge in [-0.1, -0.05) is 15.9 Å². The fourth-order valence-electron chi connectivity index (χ4n) is 0.774. The Balaban J connectivity index is 2.52. The van der Waals surface area contributed by atoms with Gasteiger partial charge in [-0.05, 0) is 0 Å². The van der Waals surface area contributed by atoms with Crippen molar-refractivity contribution in [1.29, 1.82) is 0 Å². The van der Waals surface area contributed by atoms with Crippen molar-refractivity contribution in [3.63, 3.8) is 0 Å². The Morgan fingerprint density at radius 3 is 2.70 bits per heavy atom. The minimum Gasteiger partial charge on any atom is -0.323 e. The van der Waals surface area contributed by atoms with Crippen LogP contribution < -0.4 is 16.8 Å². The molecular weight excluding hydrogens is 311 g/mol. The zero-order valence-electron chi connectivity index (χ0n) is 5.30. The summed E-state index contributed by atoms with van der Waals surface area (Å²) < 4.78 is 2.03. The van der Waals surface area contributed by atoms with Crippen LogP contribution in [0.4, 0.5) is 0 Å². The van der Waals surface area contributed by atoms with Crippen LogP contribution in [-0.2, 0) is 0 Å². The van der Waals surface area contributed by atoms with Gasteiger partial charge in [0.2, 0.25) is 0 Å². The van der Waals surface area contributed by atoms with Crippen LogP contribution in [0.2, 0.25) is 0 Å². The molecule has 0 aromatic heterocycles. The van der Waals surface area contributed by atoms with Gasteiger partial charge >= 0.3 is 0 Å². The van der Waals surface area contributed by atoms with Crippen LogP contribution in [0.5, 0.6) is 0 Å². The summed E-state index contributed by atoms with van der Waals surface area (Å²) in [7, 11) is 0. The van der Waals surface area contributed by atoms with Gasteiger partial charge in [0.15, 0.2) is 0 Å². The van der Waals surface area contributed by atoms with Crippen LogP contribution in [0.1, 0.15) is 0 Å². The molecule has 1 aliphatic rings. The smallest absolute Gasteiger partial charge is 0.0937 e. The molecule has 1 rings (SSSR count). The van der Waals surface area contributed by atoms with Crippen molar-refractivity contribution >= 4 is 38.8 Å². The molecule has 0 amide bonds. The normalized spacial score (nSPS) is 43.8. The van der Waals surface area contributed by atoms with E-state index >= 15 is 0 Å². The van der Waals surface area contributed by atoms with Gasteiger partial charge in [0.1, 0.15) is 0 Å². The molecule has 1 aliphatic heterocycles. The van der Waals surface area contributed by atoms with Crippen molar-refractivity contribution in [2.75, 3.05) is 6.67 Å². The summed E-state index contributed by atoms with van der Waals surface area (Å²) in [6.07, 6.45) is -0.101. The maximum Gasteiger partial charge on any atom is 0.0937 e. The molecule has 4 nitrogen and oxygen atoms in total. The summed E-state index contributed by atoms with van der Waals surface area (Å²) in [4.78, 5) is 0.171. The first-order valence-electron chi connectivity index (χ1n) is 2.94. The van der Waals surface area contributed by atoms with Gasteiger partial charge in [-0.2, -0.15) is 0 Å². The van der Waals surface area contributed by atoms with Crippen molar-refractivity contribution in [3.05, 3.63) is 0 Å². The molecule has 1 fully saturated rings.